The molecule has 0 aliphatic carbocycles. The number of methoxy groups -OCH3 is 2. The van der Waals surface area contributed by atoms with Gasteiger partial charge >= 0.3 is 0 Å². The zero-order valence-corrected chi connectivity index (χ0v) is 22.0. The average Bonchev–Trinajstić information content (AvgIpc) is 3.00. The molecule has 4 rings (SSSR count). The smallest absolute Gasteiger partial charge is 0.272 e. The molecule has 8 nitrogen and oxygen atoms in total. The van der Waals surface area contributed by atoms with Gasteiger partial charge in [0.2, 0.25) is 0 Å². The van der Waals surface area contributed by atoms with Crippen LogP contribution in [0.4, 0.5) is 5.69 Å². The fourth-order valence-electron chi connectivity index (χ4n) is 3.78. The molecule has 1 heterocycles. The Morgan fingerprint density at radius 3 is 2.25 bits per heavy atom. The Kier molecular flexibility index (Phi) is 9.18. The first kappa shape index (κ1) is 27.5. The maximum absolute atomic E-state index is 13.4. The number of nitrogens with zero attached hydrogens (tertiary/aromatic N) is 1. The third-order valence-corrected chi connectivity index (χ3v) is 5.80. The summed E-state index contributed by atoms with van der Waals surface area (Å²) in [6.07, 6.45) is 7.98. The molecule has 0 bridgehead atoms. The highest BCUT2D eigenvalue weighted by atomic mass is 16.5. The number of carbonyl (C=O) groups is 3. The van der Waals surface area contributed by atoms with Crippen molar-refractivity contribution in [3.8, 4) is 11.5 Å². The van der Waals surface area contributed by atoms with Crippen molar-refractivity contribution in [2.45, 2.75) is 0 Å². The van der Waals surface area contributed by atoms with E-state index in [1.807, 2.05) is 6.07 Å². The molecule has 4 aromatic rings. The van der Waals surface area contributed by atoms with E-state index >= 15 is 0 Å². The van der Waals surface area contributed by atoms with E-state index in [4.69, 9.17) is 9.47 Å². The highest BCUT2D eigenvalue weighted by Gasteiger charge is 2.17. The molecule has 0 aliphatic rings. The van der Waals surface area contributed by atoms with Crippen LogP contribution in [0.25, 0.3) is 12.2 Å². The minimum atomic E-state index is -0.565. The van der Waals surface area contributed by atoms with Crippen LogP contribution in [0.1, 0.15) is 31.8 Å². The van der Waals surface area contributed by atoms with Gasteiger partial charge < -0.3 is 20.1 Å². The van der Waals surface area contributed by atoms with Crippen molar-refractivity contribution in [3.05, 3.63) is 131 Å². The lowest BCUT2D eigenvalue weighted by atomic mass is 10.1. The van der Waals surface area contributed by atoms with E-state index in [1.54, 1.807) is 97.3 Å². The van der Waals surface area contributed by atoms with E-state index in [2.05, 4.69) is 15.6 Å². The zero-order valence-electron chi connectivity index (χ0n) is 22.0. The average molecular weight is 534 g/mol. The number of amides is 2. The van der Waals surface area contributed by atoms with Crippen molar-refractivity contribution in [2.24, 2.45) is 0 Å². The molecule has 3 aromatic carbocycles. The summed E-state index contributed by atoms with van der Waals surface area (Å²) in [4.78, 5) is 42.9. The summed E-state index contributed by atoms with van der Waals surface area (Å²) < 4.78 is 10.8. The van der Waals surface area contributed by atoms with Gasteiger partial charge in [-0.15, -0.1) is 0 Å². The Morgan fingerprint density at radius 2 is 1.57 bits per heavy atom. The number of rotatable bonds is 10. The number of allylic oxidation sites excluding steroid dienone is 1. The van der Waals surface area contributed by atoms with Gasteiger partial charge in [-0.05, 0) is 72.3 Å². The Bertz CT molecular complexity index is 1550. The molecule has 2 amide bonds. The van der Waals surface area contributed by atoms with Crippen LogP contribution < -0.4 is 20.1 Å². The second kappa shape index (κ2) is 13.3. The lowest BCUT2D eigenvalue weighted by molar-refractivity contribution is -0.113. The monoisotopic (exact) mass is 533 g/mol. The van der Waals surface area contributed by atoms with Crippen LogP contribution in [0.5, 0.6) is 11.5 Å². The molecule has 200 valence electrons. The highest BCUT2D eigenvalue weighted by Crippen LogP contribution is 2.32. The topological polar surface area (TPSA) is 107 Å². The van der Waals surface area contributed by atoms with Gasteiger partial charge in [0.1, 0.15) is 5.70 Å². The van der Waals surface area contributed by atoms with Crippen LogP contribution in [-0.2, 0) is 4.79 Å². The highest BCUT2D eigenvalue weighted by molar-refractivity contribution is 6.11. The molecule has 0 radical (unpaired) electrons. The maximum atomic E-state index is 13.4. The number of anilines is 1. The van der Waals surface area contributed by atoms with Crippen molar-refractivity contribution < 1.29 is 23.9 Å². The molecule has 0 saturated carbocycles. The van der Waals surface area contributed by atoms with Crippen LogP contribution in [0, 0.1) is 0 Å². The van der Waals surface area contributed by atoms with Crippen LogP contribution >= 0.6 is 0 Å². The van der Waals surface area contributed by atoms with Gasteiger partial charge in [-0.1, -0.05) is 36.4 Å². The Morgan fingerprint density at radius 1 is 0.800 bits per heavy atom. The van der Waals surface area contributed by atoms with Crippen molar-refractivity contribution in [1.29, 1.82) is 0 Å². The molecule has 40 heavy (non-hydrogen) atoms. The number of aromatic nitrogens is 1. The minimum Gasteiger partial charge on any atom is -0.493 e. The molecular weight excluding hydrogens is 506 g/mol. The number of hydrogen-bond donors (Lipinski definition) is 2. The quantitative estimate of drug-likeness (QED) is 0.209. The second-order valence-corrected chi connectivity index (χ2v) is 8.48. The number of ketones is 1. The van der Waals surface area contributed by atoms with Crippen molar-refractivity contribution >= 4 is 35.4 Å². The van der Waals surface area contributed by atoms with E-state index in [0.717, 1.165) is 5.56 Å². The first-order valence-electron chi connectivity index (χ1n) is 12.3. The lowest BCUT2D eigenvalue weighted by Crippen LogP contribution is -2.30. The Hall–Kier alpha value is -5.50. The summed E-state index contributed by atoms with van der Waals surface area (Å²) in [6.45, 7) is 0. The predicted molar refractivity (Wildman–Crippen MR) is 154 cm³/mol. The van der Waals surface area contributed by atoms with E-state index in [9.17, 15) is 14.4 Å². The number of ether oxygens (including phenoxy) is 2. The van der Waals surface area contributed by atoms with Crippen molar-refractivity contribution in [3.63, 3.8) is 0 Å². The third-order valence-electron chi connectivity index (χ3n) is 5.80. The number of benzene rings is 3. The number of pyridine rings is 1. The molecular formula is C32H27N3O5. The van der Waals surface area contributed by atoms with Gasteiger partial charge in [0.05, 0.1) is 14.2 Å². The van der Waals surface area contributed by atoms with Crippen LogP contribution in [0.15, 0.2) is 109 Å². The summed E-state index contributed by atoms with van der Waals surface area (Å²) >= 11 is 0. The fraction of sp³-hybridized carbons (Fsp3) is 0.0625. The normalized spacial score (nSPS) is 11.1. The minimum absolute atomic E-state index is 0.0139. The zero-order chi connectivity index (χ0) is 28.3. The molecule has 2 N–H and O–H groups in total. The number of carbonyl (C=O) groups excluding carboxylic acids is 3. The van der Waals surface area contributed by atoms with Gasteiger partial charge in [-0.3, -0.25) is 19.4 Å². The number of hydrogen-bond acceptors (Lipinski definition) is 6. The summed E-state index contributed by atoms with van der Waals surface area (Å²) in [5.41, 5.74) is 2.61. The molecule has 0 aliphatic heterocycles. The molecule has 8 heteroatoms. The van der Waals surface area contributed by atoms with E-state index in [0.29, 0.717) is 33.9 Å². The number of nitrogens with one attached hydrogen (secondary N) is 2. The first-order valence-corrected chi connectivity index (χ1v) is 12.3. The van der Waals surface area contributed by atoms with Gasteiger partial charge in [-0.2, -0.15) is 0 Å². The van der Waals surface area contributed by atoms with Crippen LogP contribution in [-0.4, -0.2) is 36.8 Å². The summed E-state index contributed by atoms with van der Waals surface area (Å²) in [5.74, 6) is -0.327. The van der Waals surface area contributed by atoms with Crippen molar-refractivity contribution in [2.75, 3.05) is 19.5 Å². The SMILES string of the molecule is COc1cccc(/C=C(\NC(=O)c2ccccc2)C(=O)Nc2ccc(C(=O)/C=C/c3cccnc3)cc2)c1OC. The molecule has 0 fully saturated rings. The summed E-state index contributed by atoms with van der Waals surface area (Å²) in [7, 11) is 3.01. The van der Waals surface area contributed by atoms with E-state index in [-0.39, 0.29) is 11.5 Å². The number of para-hydroxylation sites is 1. The third kappa shape index (κ3) is 7.08. The Balaban J connectivity index is 1.56. The van der Waals surface area contributed by atoms with Gasteiger partial charge in [0.25, 0.3) is 11.8 Å². The van der Waals surface area contributed by atoms with Crippen LogP contribution in [0.2, 0.25) is 0 Å². The molecule has 0 spiro atoms. The van der Waals surface area contributed by atoms with Crippen molar-refractivity contribution in [1.82, 2.24) is 10.3 Å². The standard InChI is InChI=1S/C32H27N3O5/c1-39-29-12-6-11-25(30(29)40-2)20-27(35-31(37)24-9-4-3-5-10-24)32(38)34-26-16-14-23(15-17-26)28(36)18-13-22-8-7-19-33-21-22/h3-21H,1-2H3,(H,34,38)(H,35,37)/b18-13+,27-20-. The molecule has 0 saturated heterocycles. The predicted octanol–water partition coefficient (Wildman–Crippen LogP) is 5.40. The summed E-state index contributed by atoms with van der Waals surface area (Å²) in [5, 5.41) is 5.48. The van der Waals surface area contributed by atoms with Gasteiger partial charge in [0, 0.05) is 34.8 Å². The molecule has 0 atom stereocenters. The fourth-order valence-corrected chi connectivity index (χ4v) is 3.78. The van der Waals surface area contributed by atoms with Crippen LogP contribution in [0.3, 0.4) is 0 Å². The van der Waals surface area contributed by atoms with Gasteiger partial charge in [-0.25, -0.2) is 0 Å². The Labute approximate surface area is 232 Å². The molecule has 1 aromatic heterocycles. The largest absolute Gasteiger partial charge is 0.493 e. The van der Waals surface area contributed by atoms with Gasteiger partial charge in [0.15, 0.2) is 17.3 Å². The summed E-state index contributed by atoms with van der Waals surface area (Å²) in [6, 6.07) is 23.9. The maximum Gasteiger partial charge on any atom is 0.272 e. The first-order chi connectivity index (χ1) is 19.5. The van der Waals surface area contributed by atoms with E-state index in [1.165, 1.54) is 26.4 Å². The second-order valence-electron chi connectivity index (χ2n) is 8.48. The van der Waals surface area contributed by atoms with E-state index < -0.39 is 11.8 Å². The molecule has 0 unspecified atom stereocenters. The lowest BCUT2D eigenvalue weighted by Gasteiger charge is -2.14.